The maximum Gasteiger partial charge on any atom is 0.413 e. The van der Waals surface area contributed by atoms with E-state index < -0.39 is 17.8 Å². The fourth-order valence-corrected chi connectivity index (χ4v) is 3.36. The average molecular weight is 436 g/mol. The first-order chi connectivity index (χ1) is 15.5. The number of rotatable bonds is 6. The van der Waals surface area contributed by atoms with Gasteiger partial charge in [0.1, 0.15) is 17.7 Å². The van der Waals surface area contributed by atoms with Crippen molar-refractivity contribution >= 4 is 23.7 Å². The lowest BCUT2D eigenvalue weighted by Gasteiger charge is -2.08. The Balaban J connectivity index is 2.09. The molecule has 0 saturated carbocycles. The molecule has 3 heterocycles. The molecular weight excluding hydrogens is 416 g/mol. The number of nitrogens with one attached hydrogen (secondary N) is 2. The number of H-pyrrole nitrogens is 1. The highest BCUT2D eigenvalue weighted by Crippen LogP contribution is 2.34. The summed E-state index contributed by atoms with van der Waals surface area (Å²) in [6.45, 7) is 3.64. The van der Waals surface area contributed by atoms with Gasteiger partial charge < -0.3 is 9.47 Å². The van der Waals surface area contributed by atoms with Crippen molar-refractivity contribution < 1.29 is 19.1 Å². The molecule has 0 bridgehead atoms. The molecule has 1 amide bonds. The number of aromatic nitrogens is 5. The van der Waals surface area contributed by atoms with Crippen LogP contribution in [0.25, 0.3) is 22.6 Å². The van der Waals surface area contributed by atoms with Gasteiger partial charge in [0.2, 0.25) is 5.95 Å². The number of aromatic amines is 1. The van der Waals surface area contributed by atoms with Crippen LogP contribution in [-0.2, 0) is 9.47 Å². The zero-order chi connectivity index (χ0) is 22.7. The van der Waals surface area contributed by atoms with Crippen LogP contribution in [0.2, 0.25) is 0 Å². The first-order valence-electron chi connectivity index (χ1n) is 9.88. The molecule has 32 heavy (non-hydrogen) atoms. The highest BCUT2D eigenvalue weighted by Gasteiger charge is 2.30. The summed E-state index contributed by atoms with van der Waals surface area (Å²) in [6, 6.07) is 9.01. The SMILES string of the molecule is CCOC(=O)Nc1nc2c(-c3ccccc3)c(C(=O)OCC)c(-n3ccnc3)n2c(=O)[nH]1. The summed E-state index contributed by atoms with van der Waals surface area (Å²) in [5, 5.41) is 2.40. The molecule has 0 aliphatic rings. The fourth-order valence-electron chi connectivity index (χ4n) is 3.36. The monoisotopic (exact) mass is 436 g/mol. The number of carbonyl (C=O) groups is 2. The van der Waals surface area contributed by atoms with Crippen LogP contribution in [0, 0.1) is 0 Å². The Kier molecular flexibility index (Phi) is 5.71. The first-order valence-corrected chi connectivity index (χ1v) is 9.88. The van der Waals surface area contributed by atoms with E-state index in [1.54, 1.807) is 44.3 Å². The number of esters is 1. The number of imidazole rings is 1. The molecule has 0 atom stereocenters. The molecule has 4 aromatic rings. The van der Waals surface area contributed by atoms with E-state index >= 15 is 0 Å². The van der Waals surface area contributed by atoms with Gasteiger partial charge in [-0.05, 0) is 19.4 Å². The van der Waals surface area contributed by atoms with Gasteiger partial charge >= 0.3 is 17.8 Å². The van der Waals surface area contributed by atoms with Crippen LogP contribution in [0.4, 0.5) is 10.7 Å². The average Bonchev–Trinajstić information content (AvgIpc) is 3.40. The second-order valence-electron chi connectivity index (χ2n) is 6.53. The number of nitrogens with zero attached hydrogens (tertiary/aromatic N) is 4. The minimum Gasteiger partial charge on any atom is -0.462 e. The van der Waals surface area contributed by atoms with Crippen molar-refractivity contribution in [3.63, 3.8) is 0 Å². The molecule has 0 aliphatic carbocycles. The van der Waals surface area contributed by atoms with Gasteiger partial charge in [-0.1, -0.05) is 30.3 Å². The molecule has 1 aromatic carbocycles. The number of ether oxygens (including phenoxy) is 2. The molecule has 0 radical (unpaired) electrons. The fraction of sp³-hybridized carbons (Fsp3) is 0.190. The maximum atomic E-state index is 13.1. The zero-order valence-corrected chi connectivity index (χ0v) is 17.4. The number of anilines is 1. The topological polar surface area (TPSA) is 133 Å². The van der Waals surface area contributed by atoms with E-state index in [4.69, 9.17) is 9.47 Å². The molecular formula is C21H20N6O5. The largest absolute Gasteiger partial charge is 0.462 e. The Morgan fingerprint density at radius 2 is 1.88 bits per heavy atom. The smallest absolute Gasteiger partial charge is 0.413 e. The standard InChI is InChI=1S/C21H20N6O5/c1-3-31-18(28)15-14(13-8-6-5-7-9-13)16-23-19(25-21(30)32-4-2)24-20(29)27(16)17(15)26-11-10-22-12-26/h5-12H,3-4H2,1-2H3,(H2,23,24,25,29,30). The van der Waals surface area contributed by atoms with Crippen LogP contribution < -0.4 is 11.0 Å². The van der Waals surface area contributed by atoms with Crippen LogP contribution >= 0.6 is 0 Å². The summed E-state index contributed by atoms with van der Waals surface area (Å²) >= 11 is 0. The molecule has 11 heteroatoms. The molecule has 0 saturated heterocycles. The van der Waals surface area contributed by atoms with Gasteiger partial charge in [0.25, 0.3) is 0 Å². The van der Waals surface area contributed by atoms with E-state index in [0.29, 0.717) is 11.1 Å². The molecule has 4 rings (SSSR count). The van der Waals surface area contributed by atoms with Gasteiger partial charge in [0.05, 0.1) is 13.2 Å². The second-order valence-corrected chi connectivity index (χ2v) is 6.53. The second kappa shape index (κ2) is 8.76. The minimum absolute atomic E-state index is 0.122. The zero-order valence-electron chi connectivity index (χ0n) is 17.4. The molecule has 3 aromatic heterocycles. The van der Waals surface area contributed by atoms with Crippen molar-refractivity contribution in [1.82, 2.24) is 23.9 Å². The lowest BCUT2D eigenvalue weighted by atomic mass is 10.0. The quantitative estimate of drug-likeness (QED) is 0.444. The number of hydrogen-bond donors (Lipinski definition) is 2. The van der Waals surface area contributed by atoms with Gasteiger partial charge in [-0.25, -0.2) is 23.8 Å². The van der Waals surface area contributed by atoms with Crippen molar-refractivity contribution in [1.29, 1.82) is 0 Å². The van der Waals surface area contributed by atoms with Crippen molar-refractivity contribution in [2.45, 2.75) is 13.8 Å². The Hall–Kier alpha value is -4.41. The molecule has 2 N–H and O–H groups in total. The van der Waals surface area contributed by atoms with Crippen molar-refractivity contribution in [2.75, 3.05) is 18.5 Å². The Labute approximate surface area is 181 Å². The first kappa shape index (κ1) is 20.8. The molecule has 0 aliphatic heterocycles. The molecule has 0 fully saturated rings. The molecule has 164 valence electrons. The maximum absolute atomic E-state index is 13.1. The Bertz CT molecular complexity index is 1320. The van der Waals surface area contributed by atoms with Crippen molar-refractivity contribution in [3.8, 4) is 16.9 Å². The minimum atomic E-state index is -0.770. The van der Waals surface area contributed by atoms with E-state index in [1.165, 1.54) is 21.5 Å². The van der Waals surface area contributed by atoms with Crippen molar-refractivity contribution in [2.24, 2.45) is 0 Å². The van der Waals surface area contributed by atoms with Crippen LogP contribution in [0.5, 0.6) is 0 Å². The number of carbonyl (C=O) groups excluding carboxylic acids is 2. The summed E-state index contributed by atoms with van der Waals surface area (Å²) in [4.78, 5) is 49.0. The van der Waals surface area contributed by atoms with Crippen LogP contribution in [0.1, 0.15) is 24.2 Å². The molecule has 0 unspecified atom stereocenters. The van der Waals surface area contributed by atoms with E-state index in [9.17, 15) is 14.4 Å². The summed E-state index contributed by atoms with van der Waals surface area (Å²) < 4.78 is 12.9. The molecule has 0 spiro atoms. The number of hydrogen-bond acceptors (Lipinski definition) is 7. The van der Waals surface area contributed by atoms with E-state index in [2.05, 4.69) is 20.3 Å². The summed E-state index contributed by atoms with van der Waals surface area (Å²) in [5.74, 6) is -0.533. The van der Waals surface area contributed by atoms with Crippen LogP contribution in [-0.4, -0.2) is 49.2 Å². The van der Waals surface area contributed by atoms with Crippen LogP contribution in [0.3, 0.4) is 0 Å². The van der Waals surface area contributed by atoms with Crippen molar-refractivity contribution in [3.05, 3.63) is 65.1 Å². The third kappa shape index (κ3) is 3.71. The number of amides is 1. The van der Waals surface area contributed by atoms with Gasteiger partial charge in [-0.15, -0.1) is 0 Å². The summed E-state index contributed by atoms with van der Waals surface area (Å²) in [6.07, 6.45) is 3.81. The van der Waals surface area contributed by atoms with Gasteiger partial charge in [-0.3, -0.25) is 14.9 Å². The summed E-state index contributed by atoms with van der Waals surface area (Å²) in [5.41, 5.74) is 0.685. The van der Waals surface area contributed by atoms with E-state index in [1.807, 2.05) is 6.07 Å². The normalized spacial score (nSPS) is 10.8. The van der Waals surface area contributed by atoms with Gasteiger partial charge in [0.15, 0.2) is 5.65 Å². The van der Waals surface area contributed by atoms with Gasteiger partial charge in [-0.2, -0.15) is 4.98 Å². The predicted molar refractivity (Wildman–Crippen MR) is 115 cm³/mol. The van der Waals surface area contributed by atoms with Gasteiger partial charge in [0, 0.05) is 18.0 Å². The third-order valence-electron chi connectivity index (χ3n) is 4.55. The van der Waals surface area contributed by atoms with E-state index in [0.717, 1.165) is 0 Å². The highest BCUT2D eigenvalue weighted by molar-refractivity contribution is 6.05. The lowest BCUT2D eigenvalue weighted by Crippen LogP contribution is -2.24. The summed E-state index contributed by atoms with van der Waals surface area (Å²) in [7, 11) is 0. The lowest BCUT2D eigenvalue weighted by molar-refractivity contribution is 0.0527. The number of benzene rings is 1. The third-order valence-corrected chi connectivity index (χ3v) is 4.55. The predicted octanol–water partition coefficient (Wildman–Crippen LogP) is 2.62. The molecule has 11 nitrogen and oxygen atoms in total. The van der Waals surface area contributed by atoms with E-state index in [-0.39, 0.29) is 36.2 Å². The Morgan fingerprint density at radius 1 is 1.12 bits per heavy atom. The Morgan fingerprint density at radius 3 is 2.53 bits per heavy atom. The number of fused-ring (bicyclic) bond motifs is 1. The van der Waals surface area contributed by atoms with Crippen LogP contribution in [0.15, 0.2) is 53.8 Å². The highest BCUT2D eigenvalue weighted by atomic mass is 16.5.